The Balaban J connectivity index is 2.88. The van der Waals surface area contributed by atoms with Gasteiger partial charge in [0.2, 0.25) is 0 Å². The molecule has 0 saturated carbocycles. The number of hydrogen-bond acceptors (Lipinski definition) is 1. The minimum atomic E-state index is 0.330. The maximum Gasteiger partial charge on any atom is 0.0576 e. The Bertz CT molecular complexity index is 52.5. The Morgan fingerprint density at radius 1 is 1.56 bits per heavy atom. The van der Waals surface area contributed by atoms with E-state index in [-0.39, 0.29) is 0 Å². The van der Waals surface area contributed by atoms with Gasteiger partial charge in [-0.1, -0.05) is 20.3 Å². The van der Waals surface area contributed by atoms with Gasteiger partial charge in [-0.3, -0.25) is 0 Å². The molecule has 9 heavy (non-hydrogen) atoms. The highest BCUT2D eigenvalue weighted by molar-refractivity contribution is 4.64. The van der Waals surface area contributed by atoms with Gasteiger partial charge in [0.25, 0.3) is 0 Å². The third-order valence-electron chi connectivity index (χ3n) is 1.35. The number of hydrogen-bond donors (Lipinski definition) is 0. The summed E-state index contributed by atoms with van der Waals surface area (Å²) in [6.45, 7) is 7.16. The van der Waals surface area contributed by atoms with Crippen molar-refractivity contribution in [2.24, 2.45) is 0 Å². The summed E-state index contributed by atoms with van der Waals surface area (Å²) < 4.78 is 5.38. The summed E-state index contributed by atoms with van der Waals surface area (Å²) in [5.74, 6) is 0. The minimum absolute atomic E-state index is 0.330. The van der Waals surface area contributed by atoms with E-state index in [1.54, 1.807) is 0 Å². The molecule has 0 rings (SSSR count). The summed E-state index contributed by atoms with van der Waals surface area (Å²) in [5, 5.41) is 0. The van der Waals surface area contributed by atoms with Crippen LogP contribution >= 0.6 is 0 Å². The van der Waals surface area contributed by atoms with E-state index in [1.165, 1.54) is 12.8 Å². The summed E-state index contributed by atoms with van der Waals surface area (Å²) >= 11 is 0. The first-order chi connectivity index (χ1) is 4.31. The second kappa shape index (κ2) is 6.09. The second-order valence-corrected chi connectivity index (χ2v) is 2.26. The van der Waals surface area contributed by atoms with Gasteiger partial charge in [-0.05, 0) is 19.8 Å². The number of unbranched alkanes of at least 4 members (excludes halogenated alkanes) is 1. The van der Waals surface area contributed by atoms with Crippen molar-refractivity contribution >= 4 is 0 Å². The van der Waals surface area contributed by atoms with Gasteiger partial charge < -0.3 is 4.74 Å². The smallest absolute Gasteiger partial charge is 0.0576 e. The van der Waals surface area contributed by atoms with Crippen LogP contribution in [0.2, 0.25) is 0 Å². The first kappa shape index (κ1) is 8.96. The quantitative estimate of drug-likeness (QED) is 0.518. The Labute approximate surface area is 58.4 Å². The molecular formula is C8H17O. The van der Waals surface area contributed by atoms with Crippen molar-refractivity contribution in [3.63, 3.8) is 0 Å². The van der Waals surface area contributed by atoms with Gasteiger partial charge in [-0.25, -0.2) is 0 Å². The van der Waals surface area contributed by atoms with E-state index >= 15 is 0 Å². The SMILES string of the molecule is C[CH]C(C)OCCCC. The summed E-state index contributed by atoms with van der Waals surface area (Å²) in [6, 6.07) is 0. The van der Waals surface area contributed by atoms with Gasteiger partial charge in [0.1, 0.15) is 0 Å². The fourth-order valence-corrected chi connectivity index (χ4v) is 0.510. The standard InChI is InChI=1S/C8H17O/c1-4-6-7-9-8(3)5-2/h5,8H,4,6-7H2,1-3H3. The van der Waals surface area contributed by atoms with Crippen LogP contribution in [-0.4, -0.2) is 12.7 Å². The molecule has 0 bridgehead atoms. The molecule has 0 aromatic heterocycles. The monoisotopic (exact) mass is 129 g/mol. The van der Waals surface area contributed by atoms with E-state index < -0.39 is 0 Å². The zero-order valence-corrected chi connectivity index (χ0v) is 6.68. The van der Waals surface area contributed by atoms with Crippen molar-refractivity contribution < 1.29 is 4.74 Å². The maximum absolute atomic E-state index is 5.38. The molecule has 0 amide bonds. The van der Waals surface area contributed by atoms with Gasteiger partial charge in [0.15, 0.2) is 0 Å². The molecule has 1 unspecified atom stereocenters. The third-order valence-corrected chi connectivity index (χ3v) is 1.35. The average molecular weight is 129 g/mol. The van der Waals surface area contributed by atoms with E-state index in [9.17, 15) is 0 Å². The van der Waals surface area contributed by atoms with E-state index in [0.717, 1.165) is 6.61 Å². The van der Waals surface area contributed by atoms with Crippen LogP contribution in [0.3, 0.4) is 0 Å². The summed E-state index contributed by atoms with van der Waals surface area (Å²) in [6.07, 6.45) is 4.79. The lowest BCUT2D eigenvalue weighted by molar-refractivity contribution is 0.0852. The molecule has 1 heteroatoms. The van der Waals surface area contributed by atoms with Gasteiger partial charge in [-0.2, -0.15) is 0 Å². The maximum atomic E-state index is 5.38. The van der Waals surface area contributed by atoms with Crippen LogP contribution in [-0.2, 0) is 4.74 Å². The molecule has 0 aliphatic rings. The molecule has 0 spiro atoms. The van der Waals surface area contributed by atoms with Crippen LogP contribution in [0.5, 0.6) is 0 Å². The lowest BCUT2D eigenvalue weighted by atomic mass is 10.3. The van der Waals surface area contributed by atoms with E-state index in [2.05, 4.69) is 20.3 Å². The molecule has 0 aliphatic heterocycles. The Morgan fingerprint density at radius 3 is 2.67 bits per heavy atom. The molecule has 0 aromatic carbocycles. The van der Waals surface area contributed by atoms with Crippen molar-refractivity contribution in [2.75, 3.05) is 6.61 Å². The van der Waals surface area contributed by atoms with E-state index in [4.69, 9.17) is 4.74 Å². The van der Waals surface area contributed by atoms with Gasteiger partial charge in [0.05, 0.1) is 6.10 Å². The van der Waals surface area contributed by atoms with Crippen LogP contribution in [0.1, 0.15) is 33.6 Å². The number of rotatable bonds is 5. The highest BCUT2D eigenvalue weighted by Gasteiger charge is 1.95. The van der Waals surface area contributed by atoms with Crippen LogP contribution in [0.15, 0.2) is 0 Å². The van der Waals surface area contributed by atoms with Crippen LogP contribution in [0.25, 0.3) is 0 Å². The molecule has 0 aliphatic carbocycles. The van der Waals surface area contributed by atoms with Crippen molar-refractivity contribution in [3.05, 3.63) is 6.42 Å². The van der Waals surface area contributed by atoms with Gasteiger partial charge >= 0.3 is 0 Å². The fraction of sp³-hybridized carbons (Fsp3) is 0.875. The molecular weight excluding hydrogens is 112 g/mol. The summed E-state index contributed by atoms with van der Waals surface area (Å²) in [7, 11) is 0. The van der Waals surface area contributed by atoms with Crippen molar-refractivity contribution in [1.29, 1.82) is 0 Å². The van der Waals surface area contributed by atoms with Crippen molar-refractivity contribution in [1.82, 2.24) is 0 Å². The normalized spacial score (nSPS) is 13.7. The third kappa shape index (κ3) is 5.84. The summed E-state index contributed by atoms with van der Waals surface area (Å²) in [5.41, 5.74) is 0. The Kier molecular flexibility index (Phi) is 6.06. The topological polar surface area (TPSA) is 9.23 Å². The second-order valence-electron chi connectivity index (χ2n) is 2.26. The molecule has 55 valence electrons. The summed E-state index contributed by atoms with van der Waals surface area (Å²) in [4.78, 5) is 0. The van der Waals surface area contributed by atoms with E-state index in [0.29, 0.717) is 6.10 Å². The molecule has 1 nitrogen and oxygen atoms in total. The highest BCUT2D eigenvalue weighted by Crippen LogP contribution is 1.96. The highest BCUT2D eigenvalue weighted by atomic mass is 16.5. The average Bonchev–Trinajstić information content (AvgIpc) is 1.89. The molecule has 0 saturated heterocycles. The van der Waals surface area contributed by atoms with Gasteiger partial charge in [0, 0.05) is 6.61 Å². The predicted octanol–water partition coefficient (Wildman–Crippen LogP) is 2.42. The largest absolute Gasteiger partial charge is 0.378 e. The lowest BCUT2D eigenvalue weighted by Crippen LogP contribution is -2.07. The Morgan fingerprint density at radius 2 is 2.22 bits per heavy atom. The lowest BCUT2D eigenvalue weighted by Gasteiger charge is -2.08. The molecule has 0 N–H and O–H groups in total. The van der Waals surface area contributed by atoms with Crippen LogP contribution < -0.4 is 0 Å². The van der Waals surface area contributed by atoms with Crippen molar-refractivity contribution in [3.8, 4) is 0 Å². The van der Waals surface area contributed by atoms with E-state index in [1.807, 2.05) is 6.92 Å². The Hall–Kier alpha value is -0.0400. The van der Waals surface area contributed by atoms with Crippen molar-refractivity contribution in [2.45, 2.75) is 39.7 Å². The fourth-order valence-electron chi connectivity index (χ4n) is 0.510. The zero-order chi connectivity index (χ0) is 7.11. The zero-order valence-electron chi connectivity index (χ0n) is 6.68. The minimum Gasteiger partial charge on any atom is -0.378 e. The first-order valence-corrected chi connectivity index (χ1v) is 3.72. The van der Waals surface area contributed by atoms with Gasteiger partial charge in [-0.15, -0.1) is 0 Å². The first-order valence-electron chi connectivity index (χ1n) is 3.72. The molecule has 0 fully saturated rings. The molecule has 1 radical (unpaired) electrons. The predicted molar refractivity (Wildman–Crippen MR) is 40.3 cm³/mol. The molecule has 1 atom stereocenters. The van der Waals surface area contributed by atoms with Crippen LogP contribution in [0.4, 0.5) is 0 Å². The molecule has 0 aromatic rings. The molecule has 0 heterocycles. The number of ether oxygens (including phenoxy) is 1. The van der Waals surface area contributed by atoms with Crippen LogP contribution in [0, 0.1) is 6.42 Å².